The maximum Gasteiger partial charge on any atom is 0.413 e. The molecule has 0 fully saturated rings. The van der Waals surface area contributed by atoms with Gasteiger partial charge in [-0.05, 0) is 13.3 Å². The third-order valence-corrected chi connectivity index (χ3v) is 3.29. The van der Waals surface area contributed by atoms with E-state index < -0.39 is 6.09 Å². The van der Waals surface area contributed by atoms with Crippen molar-refractivity contribution in [3.63, 3.8) is 0 Å². The quantitative estimate of drug-likeness (QED) is 0.723. The minimum atomic E-state index is -0.530. The van der Waals surface area contributed by atoms with Crippen LogP contribution in [0.1, 0.15) is 38.8 Å². The lowest BCUT2D eigenvalue weighted by molar-refractivity contribution is -0.120. The molecule has 0 radical (unpaired) electrons. The standard InChI is InChI=1S/C13H21N3O3S/c1-3-5-6-7-14-11(17)8-10-9-20-12(15-10)16-13(18)19-4-2/h9H,3-8H2,1-2H3,(H,14,17)(H,15,16,18). The van der Waals surface area contributed by atoms with E-state index in [1.807, 2.05) is 0 Å². The first-order valence-corrected chi connectivity index (χ1v) is 7.68. The highest BCUT2D eigenvalue weighted by atomic mass is 32.1. The molecule has 1 heterocycles. The zero-order valence-electron chi connectivity index (χ0n) is 11.9. The van der Waals surface area contributed by atoms with Crippen LogP contribution in [0.3, 0.4) is 0 Å². The van der Waals surface area contributed by atoms with Gasteiger partial charge in [0.25, 0.3) is 0 Å². The van der Waals surface area contributed by atoms with Crippen molar-refractivity contribution in [3.05, 3.63) is 11.1 Å². The Labute approximate surface area is 122 Å². The highest BCUT2D eigenvalue weighted by Crippen LogP contribution is 2.15. The van der Waals surface area contributed by atoms with E-state index in [-0.39, 0.29) is 12.3 Å². The van der Waals surface area contributed by atoms with Gasteiger partial charge < -0.3 is 10.1 Å². The Morgan fingerprint density at radius 2 is 2.15 bits per heavy atom. The van der Waals surface area contributed by atoms with Gasteiger partial charge in [0, 0.05) is 11.9 Å². The summed E-state index contributed by atoms with van der Waals surface area (Å²) in [5, 5.41) is 7.56. The highest BCUT2D eigenvalue weighted by molar-refractivity contribution is 7.13. The van der Waals surface area contributed by atoms with Gasteiger partial charge in [-0.2, -0.15) is 0 Å². The summed E-state index contributed by atoms with van der Waals surface area (Å²) in [6, 6.07) is 0. The fourth-order valence-corrected chi connectivity index (χ4v) is 2.23. The summed E-state index contributed by atoms with van der Waals surface area (Å²) >= 11 is 1.27. The minimum Gasteiger partial charge on any atom is -0.450 e. The molecule has 0 aliphatic rings. The van der Waals surface area contributed by atoms with E-state index in [0.717, 1.165) is 19.3 Å². The Bertz CT molecular complexity index is 434. The van der Waals surface area contributed by atoms with E-state index in [0.29, 0.717) is 24.0 Å². The van der Waals surface area contributed by atoms with Crippen molar-refractivity contribution in [3.8, 4) is 0 Å². The lowest BCUT2D eigenvalue weighted by Crippen LogP contribution is -2.26. The number of anilines is 1. The van der Waals surface area contributed by atoms with Crippen LogP contribution in [-0.2, 0) is 16.0 Å². The molecule has 0 bridgehead atoms. The number of unbranched alkanes of at least 4 members (excludes halogenated alkanes) is 2. The lowest BCUT2D eigenvalue weighted by atomic mass is 10.2. The van der Waals surface area contributed by atoms with Gasteiger partial charge >= 0.3 is 6.09 Å². The zero-order valence-corrected chi connectivity index (χ0v) is 12.7. The number of thiazole rings is 1. The van der Waals surface area contributed by atoms with Gasteiger partial charge in [-0.1, -0.05) is 19.8 Å². The van der Waals surface area contributed by atoms with Gasteiger partial charge in [0.05, 0.1) is 18.7 Å². The highest BCUT2D eigenvalue weighted by Gasteiger charge is 2.09. The minimum absolute atomic E-state index is 0.0471. The molecule has 1 aromatic heterocycles. The van der Waals surface area contributed by atoms with Crippen LogP contribution in [0.15, 0.2) is 5.38 Å². The summed E-state index contributed by atoms with van der Waals surface area (Å²) < 4.78 is 4.75. The number of hydrogen-bond acceptors (Lipinski definition) is 5. The molecule has 7 heteroatoms. The monoisotopic (exact) mass is 299 g/mol. The predicted octanol–water partition coefficient (Wildman–Crippen LogP) is 2.56. The topological polar surface area (TPSA) is 80.3 Å². The molecule has 6 nitrogen and oxygen atoms in total. The van der Waals surface area contributed by atoms with Gasteiger partial charge in [-0.25, -0.2) is 9.78 Å². The van der Waals surface area contributed by atoms with E-state index in [1.165, 1.54) is 11.3 Å². The van der Waals surface area contributed by atoms with Crippen LogP contribution in [-0.4, -0.2) is 30.1 Å². The second-order valence-electron chi connectivity index (χ2n) is 4.22. The molecule has 0 aliphatic heterocycles. The van der Waals surface area contributed by atoms with Crippen molar-refractivity contribution in [1.82, 2.24) is 10.3 Å². The Morgan fingerprint density at radius 1 is 1.35 bits per heavy atom. The molecular weight excluding hydrogens is 278 g/mol. The van der Waals surface area contributed by atoms with Crippen LogP contribution in [0.25, 0.3) is 0 Å². The van der Waals surface area contributed by atoms with Crippen molar-refractivity contribution >= 4 is 28.5 Å². The second-order valence-corrected chi connectivity index (χ2v) is 5.08. The molecule has 0 aromatic carbocycles. The fourth-order valence-electron chi connectivity index (χ4n) is 1.53. The molecular formula is C13H21N3O3S. The summed E-state index contributed by atoms with van der Waals surface area (Å²) in [5.74, 6) is -0.0471. The van der Waals surface area contributed by atoms with Crippen LogP contribution < -0.4 is 10.6 Å². The Kier molecular flexibility index (Phi) is 7.64. The normalized spacial score (nSPS) is 10.1. The van der Waals surface area contributed by atoms with Gasteiger partial charge in [-0.3, -0.25) is 10.1 Å². The largest absolute Gasteiger partial charge is 0.450 e. The third kappa shape index (κ3) is 6.51. The first-order chi connectivity index (χ1) is 9.65. The summed E-state index contributed by atoms with van der Waals surface area (Å²) in [6.45, 7) is 4.86. The van der Waals surface area contributed by atoms with Gasteiger partial charge in [0.1, 0.15) is 0 Å². The SMILES string of the molecule is CCCCCNC(=O)Cc1csc(NC(=O)OCC)n1. The summed E-state index contributed by atoms with van der Waals surface area (Å²) in [4.78, 5) is 27.0. The van der Waals surface area contributed by atoms with Crippen LogP contribution >= 0.6 is 11.3 Å². The number of amides is 2. The van der Waals surface area contributed by atoms with Crippen LogP contribution in [0.4, 0.5) is 9.93 Å². The summed E-state index contributed by atoms with van der Waals surface area (Å²) in [5.41, 5.74) is 0.648. The van der Waals surface area contributed by atoms with Crippen molar-refractivity contribution in [2.24, 2.45) is 0 Å². The predicted molar refractivity (Wildman–Crippen MR) is 79.0 cm³/mol. The van der Waals surface area contributed by atoms with Crippen LogP contribution in [0, 0.1) is 0 Å². The molecule has 112 valence electrons. The second kappa shape index (κ2) is 9.30. The number of ether oxygens (including phenoxy) is 1. The van der Waals surface area contributed by atoms with Crippen molar-refractivity contribution < 1.29 is 14.3 Å². The molecule has 1 aromatic rings. The first kappa shape index (κ1) is 16.4. The summed E-state index contributed by atoms with van der Waals surface area (Å²) in [6.07, 6.45) is 2.94. The Morgan fingerprint density at radius 3 is 2.85 bits per heavy atom. The third-order valence-electron chi connectivity index (χ3n) is 2.48. The van der Waals surface area contributed by atoms with Gasteiger partial charge in [0.15, 0.2) is 5.13 Å². The smallest absolute Gasteiger partial charge is 0.413 e. The molecule has 1 rings (SSSR count). The summed E-state index contributed by atoms with van der Waals surface area (Å²) in [7, 11) is 0. The number of aromatic nitrogens is 1. The van der Waals surface area contributed by atoms with Gasteiger partial charge in [-0.15, -0.1) is 11.3 Å². The molecule has 0 saturated heterocycles. The fraction of sp³-hybridized carbons (Fsp3) is 0.615. The number of nitrogens with one attached hydrogen (secondary N) is 2. The maximum atomic E-state index is 11.7. The van der Waals surface area contributed by atoms with E-state index in [1.54, 1.807) is 12.3 Å². The number of carbonyl (C=O) groups excluding carboxylic acids is 2. The molecule has 0 atom stereocenters. The molecule has 0 spiro atoms. The molecule has 20 heavy (non-hydrogen) atoms. The van der Waals surface area contributed by atoms with Crippen molar-refractivity contribution in [1.29, 1.82) is 0 Å². The van der Waals surface area contributed by atoms with E-state index in [4.69, 9.17) is 4.74 Å². The number of hydrogen-bond donors (Lipinski definition) is 2. The Balaban J connectivity index is 2.32. The molecule has 2 N–H and O–H groups in total. The van der Waals surface area contributed by atoms with E-state index in [9.17, 15) is 9.59 Å². The molecule has 0 aliphatic carbocycles. The lowest BCUT2D eigenvalue weighted by Gasteiger charge is -2.03. The average molecular weight is 299 g/mol. The average Bonchev–Trinajstić information content (AvgIpc) is 2.82. The molecule has 0 saturated carbocycles. The number of carbonyl (C=O) groups is 2. The number of nitrogens with zero attached hydrogens (tertiary/aromatic N) is 1. The van der Waals surface area contributed by atoms with Crippen LogP contribution in [0.5, 0.6) is 0 Å². The zero-order chi connectivity index (χ0) is 14.8. The van der Waals surface area contributed by atoms with Crippen LogP contribution in [0.2, 0.25) is 0 Å². The number of rotatable bonds is 8. The van der Waals surface area contributed by atoms with E-state index in [2.05, 4.69) is 22.5 Å². The molecule has 2 amide bonds. The Hall–Kier alpha value is -1.63. The molecule has 0 unspecified atom stereocenters. The van der Waals surface area contributed by atoms with Crippen molar-refractivity contribution in [2.75, 3.05) is 18.5 Å². The van der Waals surface area contributed by atoms with Gasteiger partial charge in [0.2, 0.25) is 5.91 Å². The maximum absolute atomic E-state index is 11.7. The first-order valence-electron chi connectivity index (χ1n) is 6.80. The van der Waals surface area contributed by atoms with E-state index >= 15 is 0 Å². The van der Waals surface area contributed by atoms with Crippen molar-refractivity contribution in [2.45, 2.75) is 39.5 Å².